The number of carbonyl (C=O) groups excluding carboxylic acids is 1. The van der Waals surface area contributed by atoms with Gasteiger partial charge in [0.25, 0.3) is 0 Å². The van der Waals surface area contributed by atoms with E-state index >= 15 is 0 Å². The molecule has 0 aliphatic carbocycles. The molecule has 96 valence electrons. The Labute approximate surface area is 114 Å². The molecule has 1 unspecified atom stereocenters. The number of anilines is 2. The fourth-order valence-electron chi connectivity index (χ4n) is 2.53. The molecule has 3 rings (SSSR count). The topological polar surface area (TPSA) is 41.6 Å². The molecule has 1 fully saturated rings. The Kier molecular flexibility index (Phi) is 3.26. The molecular weight excluding hydrogens is 296 g/mol. The summed E-state index contributed by atoms with van der Waals surface area (Å²) in [7, 11) is 0. The number of ether oxygens (including phenoxy) is 1. The normalized spacial score (nSPS) is 22.8. The summed E-state index contributed by atoms with van der Waals surface area (Å²) >= 11 is 3.42. The molecule has 1 amide bonds. The lowest BCUT2D eigenvalue weighted by Crippen LogP contribution is -2.42. The van der Waals surface area contributed by atoms with Crippen molar-refractivity contribution in [1.29, 1.82) is 0 Å². The molecule has 1 aromatic rings. The van der Waals surface area contributed by atoms with Gasteiger partial charge >= 0.3 is 0 Å². The minimum atomic E-state index is 0.0404. The van der Waals surface area contributed by atoms with Crippen LogP contribution < -0.4 is 10.2 Å². The molecule has 1 N–H and O–H groups in total. The number of benzene rings is 1. The van der Waals surface area contributed by atoms with Crippen molar-refractivity contribution in [2.75, 3.05) is 29.9 Å². The number of amides is 1. The van der Waals surface area contributed by atoms with Crippen molar-refractivity contribution in [1.82, 2.24) is 0 Å². The van der Waals surface area contributed by atoms with Gasteiger partial charge in [-0.15, -0.1) is 0 Å². The Balaban J connectivity index is 1.84. The van der Waals surface area contributed by atoms with Gasteiger partial charge < -0.3 is 15.0 Å². The summed E-state index contributed by atoms with van der Waals surface area (Å²) in [4.78, 5) is 13.8. The van der Waals surface area contributed by atoms with Crippen molar-refractivity contribution >= 4 is 33.2 Å². The molecule has 5 heteroatoms. The summed E-state index contributed by atoms with van der Waals surface area (Å²) in [5, 5.41) is 2.90. The van der Waals surface area contributed by atoms with Crippen LogP contribution in [0.1, 0.15) is 12.8 Å². The molecule has 2 heterocycles. The second-order valence-electron chi connectivity index (χ2n) is 4.73. The second kappa shape index (κ2) is 4.90. The minimum absolute atomic E-state index is 0.0404. The highest BCUT2D eigenvalue weighted by Crippen LogP contribution is 2.32. The Morgan fingerprint density at radius 2 is 2.39 bits per heavy atom. The van der Waals surface area contributed by atoms with Gasteiger partial charge in [0.15, 0.2) is 0 Å². The third-order valence-electron chi connectivity index (χ3n) is 3.36. The first-order chi connectivity index (χ1) is 8.72. The van der Waals surface area contributed by atoms with Crippen LogP contribution in [0.25, 0.3) is 0 Å². The van der Waals surface area contributed by atoms with E-state index in [1.807, 2.05) is 18.2 Å². The monoisotopic (exact) mass is 310 g/mol. The summed E-state index contributed by atoms with van der Waals surface area (Å²) in [5.74, 6) is 0.0404. The zero-order valence-electron chi connectivity index (χ0n) is 9.99. The van der Waals surface area contributed by atoms with Gasteiger partial charge in [-0.1, -0.05) is 15.9 Å². The number of fused-ring (bicyclic) bond motifs is 1. The number of nitrogens with one attached hydrogen (secondary N) is 1. The molecule has 0 aromatic heterocycles. The molecule has 0 saturated carbocycles. The van der Waals surface area contributed by atoms with E-state index in [0.29, 0.717) is 6.54 Å². The summed E-state index contributed by atoms with van der Waals surface area (Å²) in [5.41, 5.74) is 1.95. The quantitative estimate of drug-likeness (QED) is 0.912. The molecule has 1 aromatic carbocycles. The fraction of sp³-hybridized carbons (Fsp3) is 0.462. The van der Waals surface area contributed by atoms with E-state index in [-0.39, 0.29) is 12.0 Å². The summed E-state index contributed by atoms with van der Waals surface area (Å²) < 4.78 is 6.62. The lowest BCUT2D eigenvalue weighted by Gasteiger charge is -2.32. The van der Waals surface area contributed by atoms with E-state index in [9.17, 15) is 4.79 Å². The highest BCUT2D eigenvalue weighted by molar-refractivity contribution is 9.10. The van der Waals surface area contributed by atoms with E-state index in [1.54, 1.807) is 0 Å². The van der Waals surface area contributed by atoms with Crippen LogP contribution in [0.15, 0.2) is 22.7 Å². The van der Waals surface area contributed by atoms with Gasteiger partial charge in [-0.05, 0) is 31.0 Å². The maximum absolute atomic E-state index is 11.7. The van der Waals surface area contributed by atoms with Crippen LogP contribution in [0.5, 0.6) is 0 Å². The van der Waals surface area contributed by atoms with Crippen LogP contribution in [0.4, 0.5) is 11.4 Å². The standard InChI is InChI=1S/C13H15BrN2O2/c14-9-3-4-12-11(6-9)15-13(17)8-16(12)7-10-2-1-5-18-10/h3-4,6,10H,1-2,5,7-8H2,(H,15,17). The van der Waals surface area contributed by atoms with E-state index in [1.165, 1.54) is 0 Å². The molecule has 18 heavy (non-hydrogen) atoms. The number of halogens is 1. The molecule has 0 radical (unpaired) electrons. The first kappa shape index (κ1) is 12.0. The molecule has 1 saturated heterocycles. The van der Waals surface area contributed by atoms with Gasteiger partial charge in [0.1, 0.15) is 0 Å². The van der Waals surface area contributed by atoms with E-state index < -0.39 is 0 Å². The minimum Gasteiger partial charge on any atom is -0.376 e. The number of rotatable bonds is 2. The van der Waals surface area contributed by atoms with Crippen molar-refractivity contribution in [2.45, 2.75) is 18.9 Å². The first-order valence-electron chi connectivity index (χ1n) is 6.18. The predicted molar refractivity (Wildman–Crippen MR) is 74.0 cm³/mol. The zero-order valence-corrected chi connectivity index (χ0v) is 11.6. The summed E-state index contributed by atoms with van der Waals surface area (Å²) in [6.07, 6.45) is 2.47. The van der Waals surface area contributed by atoms with Crippen LogP contribution in [-0.4, -0.2) is 31.7 Å². The summed E-state index contributed by atoms with van der Waals surface area (Å²) in [6.45, 7) is 2.05. The van der Waals surface area contributed by atoms with Gasteiger partial charge in [0.2, 0.25) is 5.91 Å². The van der Waals surface area contributed by atoms with E-state index in [4.69, 9.17) is 4.74 Å². The molecule has 1 atom stereocenters. The van der Waals surface area contributed by atoms with Crippen LogP contribution >= 0.6 is 15.9 Å². The molecular formula is C13H15BrN2O2. The van der Waals surface area contributed by atoms with Gasteiger partial charge in [-0.25, -0.2) is 0 Å². The largest absolute Gasteiger partial charge is 0.376 e. The fourth-order valence-corrected chi connectivity index (χ4v) is 2.89. The lowest BCUT2D eigenvalue weighted by atomic mass is 10.1. The SMILES string of the molecule is O=C1CN(CC2CCCO2)c2ccc(Br)cc2N1. The van der Waals surface area contributed by atoms with Gasteiger partial charge in [-0.2, -0.15) is 0 Å². The summed E-state index contributed by atoms with van der Waals surface area (Å²) in [6, 6.07) is 5.97. The highest BCUT2D eigenvalue weighted by atomic mass is 79.9. The second-order valence-corrected chi connectivity index (χ2v) is 5.64. The maximum atomic E-state index is 11.7. The Hall–Kier alpha value is -1.07. The van der Waals surface area contributed by atoms with Gasteiger partial charge in [0.05, 0.1) is 24.0 Å². The molecule has 0 spiro atoms. The van der Waals surface area contributed by atoms with Crippen molar-refractivity contribution in [2.24, 2.45) is 0 Å². The average Bonchev–Trinajstić information content (AvgIpc) is 2.80. The van der Waals surface area contributed by atoms with Crippen LogP contribution in [0, 0.1) is 0 Å². The van der Waals surface area contributed by atoms with Gasteiger partial charge in [-0.3, -0.25) is 4.79 Å². The van der Waals surface area contributed by atoms with Crippen molar-refractivity contribution < 1.29 is 9.53 Å². The molecule has 0 bridgehead atoms. The number of hydrogen-bond donors (Lipinski definition) is 1. The zero-order chi connectivity index (χ0) is 12.5. The van der Waals surface area contributed by atoms with Crippen LogP contribution in [0.2, 0.25) is 0 Å². The molecule has 4 nitrogen and oxygen atoms in total. The van der Waals surface area contributed by atoms with Gasteiger partial charge in [0, 0.05) is 17.6 Å². The average molecular weight is 311 g/mol. The lowest BCUT2D eigenvalue weighted by molar-refractivity contribution is -0.115. The molecule has 2 aliphatic rings. The maximum Gasteiger partial charge on any atom is 0.243 e. The van der Waals surface area contributed by atoms with Crippen LogP contribution in [-0.2, 0) is 9.53 Å². The number of nitrogens with zero attached hydrogens (tertiary/aromatic N) is 1. The van der Waals surface area contributed by atoms with Crippen LogP contribution in [0.3, 0.4) is 0 Å². The third kappa shape index (κ3) is 2.37. The van der Waals surface area contributed by atoms with E-state index in [0.717, 1.165) is 41.8 Å². The van der Waals surface area contributed by atoms with Crippen molar-refractivity contribution in [3.8, 4) is 0 Å². The highest BCUT2D eigenvalue weighted by Gasteiger charge is 2.26. The Morgan fingerprint density at radius 3 is 3.17 bits per heavy atom. The predicted octanol–water partition coefficient (Wildman–Crippen LogP) is 2.39. The Bertz CT molecular complexity index is 472. The Morgan fingerprint density at radius 1 is 1.50 bits per heavy atom. The van der Waals surface area contributed by atoms with Crippen molar-refractivity contribution in [3.05, 3.63) is 22.7 Å². The van der Waals surface area contributed by atoms with Crippen molar-refractivity contribution in [3.63, 3.8) is 0 Å². The smallest absolute Gasteiger partial charge is 0.243 e. The third-order valence-corrected chi connectivity index (χ3v) is 3.85. The van der Waals surface area contributed by atoms with E-state index in [2.05, 4.69) is 26.1 Å². The number of hydrogen-bond acceptors (Lipinski definition) is 3. The molecule has 2 aliphatic heterocycles. The number of carbonyl (C=O) groups is 1. The first-order valence-corrected chi connectivity index (χ1v) is 6.97.